The van der Waals surface area contributed by atoms with Gasteiger partial charge in [-0.25, -0.2) is 4.98 Å². The molecular formula is C14H16ClN3O. The normalized spacial score (nSPS) is 19.1. The molecule has 5 heteroatoms. The first-order chi connectivity index (χ1) is 9.17. The third-order valence-corrected chi connectivity index (χ3v) is 3.83. The number of halogens is 1. The van der Waals surface area contributed by atoms with Gasteiger partial charge in [0.1, 0.15) is 5.82 Å². The minimum atomic E-state index is 0.137. The molecule has 0 radical (unpaired) electrons. The third kappa shape index (κ3) is 2.32. The molecule has 3 rings (SSSR count). The Morgan fingerprint density at radius 2 is 2.37 bits per heavy atom. The predicted molar refractivity (Wildman–Crippen MR) is 75.2 cm³/mol. The van der Waals surface area contributed by atoms with Gasteiger partial charge in [0.25, 0.3) is 0 Å². The number of nitrogens with zero attached hydrogens (tertiary/aromatic N) is 2. The van der Waals surface area contributed by atoms with E-state index in [0.29, 0.717) is 12.3 Å². The fourth-order valence-corrected chi connectivity index (χ4v) is 2.83. The highest BCUT2D eigenvalue weighted by atomic mass is 35.5. The first kappa shape index (κ1) is 12.5. The molecule has 2 heterocycles. The molecule has 0 spiro atoms. The minimum absolute atomic E-state index is 0.137. The summed E-state index contributed by atoms with van der Waals surface area (Å²) in [6, 6.07) is 6.40. The molecule has 1 N–H and O–H groups in total. The molecule has 1 fully saturated rings. The Bertz CT molecular complexity index is 635. The molecule has 1 aromatic heterocycles. The number of carbonyl (C=O) groups excluding carboxylic acids is 1. The van der Waals surface area contributed by atoms with E-state index in [0.717, 1.165) is 29.8 Å². The zero-order valence-corrected chi connectivity index (χ0v) is 11.6. The van der Waals surface area contributed by atoms with Crippen molar-refractivity contribution in [3.05, 3.63) is 29.6 Å². The van der Waals surface area contributed by atoms with Crippen molar-refractivity contribution in [1.82, 2.24) is 14.9 Å². The molecule has 0 aliphatic carbocycles. The van der Waals surface area contributed by atoms with Crippen LogP contribution in [0.15, 0.2) is 18.2 Å². The quantitative estimate of drug-likeness (QED) is 0.876. The number of imidazole rings is 1. The van der Waals surface area contributed by atoms with Gasteiger partial charge in [0, 0.05) is 19.0 Å². The predicted octanol–water partition coefficient (Wildman–Crippen LogP) is 2.36. The summed E-state index contributed by atoms with van der Waals surface area (Å²) < 4.78 is 2.12. The van der Waals surface area contributed by atoms with Gasteiger partial charge in [0.05, 0.1) is 16.9 Å². The van der Waals surface area contributed by atoms with E-state index in [1.54, 1.807) is 0 Å². The number of carbonyl (C=O) groups is 1. The van der Waals surface area contributed by atoms with Gasteiger partial charge in [-0.05, 0) is 31.0 Å². The number of aryl methyl sites for hydroxylation is 1. The van der Waals surface area contributed by atoms with Gasteiger partial charge >= 0.3 is 0 Å². The Kier molecular flexibility index (Phi) is 3.19. The van der Waals surface area contributed by atoms with Crippen molar-refractivity contribution in [1.29, 1.82) is 0 Å². The third-order valence-electron chi connectivity index (χ3n) is 3.59. The Hall–Kier alpha value is -1.55. The van der Waals surface area contributed by atoms with Crippen molar-refractivity contribution < 1.29 is 4.79 Å². The molecule has 4 nitrogen and oxygen atoms in total. The van der Waals surface area contributed by atoms with E-state index < -0.39 is 0 Å². The summed E-state index contributed by atoms with van der Waals surface area (Å²) >= 11 is 5.99. The van der Waals surface area contributed by atoms with Gasteiger partial charge in [-0.1, -0.05) is 6.07 Å². The van der Waals surface area contributed by atoms with E-state index >= 15 is 0 Å². The van der Waals surface area contributed by atoms with E-state index in [4.69, 9.17) is 11.6 Å². The summed E-state index contributed by atoms with van der Waals surface area (Å²) in [6.45, 7) is 2.80. The monoisotopic (exact) mass is 277 g/mol. The molecule has 1 unspecified atom stereocenters. The lowest BCUT2D eigenvalue weighted by Crippen LogP contribution is -2.30. The first-order valence-corrected chi connectivity index (χ1v) is 7.02. The number of alkyl halides is 1. The van der Waals surface area contributed by atoms with Crippen molar-refractivity contribution in [2.24, 2.45) is 0 Å². The van der Waals surface area contributed by atoms with Crippen LogP contribution in [0.4, 0.5) is 0 Å². The van der Waals surface area contributed by atoms with Gasteiger partial charge in [-0.3, -0.25) is 4.79 Å². The average Bonchev–Trinajstić information content (AvgIpc) is 2.94. The van der Waals surface area contributed by atoms with Crippen LogP contribution >= 0.6 is 11.6 Å². The molecule has 1 atom stereocenters. The van der Waals surface area contributed by atoms with E-state index in [9.17, 15) is 4.79 Å². The number of fused-ring (bicyclic) bond motifs is 1. The lowest BCUT2D eigenvalue weighted by atomic mass is 10.2. The second kappa shape index (κ2) is 4.85. The van der Waals surface area contributed by atoms with Gasteiger partial charge < -0.3 is 9.88 Å². The fourth-order valence-electron chi connectivity index (χ4n) is 2.63. The van der Waals surface area contributed by atoms with E-state index in [1.165, 1.54) is 5.56 Å². The van der Waals surface area contributed by atoms with Crippen LogP contribution in [0.1, 0.15) is 24.2 Å². The average molecular weight is 278 g/mol. The summed E-state index contributed by atoms with van der Waals surface area (Å²) in [7, 11) is 0. The van der Waals surface area contributed by atoms with Crippen LogP contribution in [0.5, 0.6) is 0 Å². The van der Waals surface area contributed by atoms with Crippen LogP contribution in [-0.2, 0) is 17.2 Å². The smallest absolute Gasteiger partial charge is 0.220 e. The topological polar surface area (TPSA) is 46.9 Å². The van der Waals surface area contributed by atoms with Crippen molar-refractivity contribution in [2.75, 3.05) is 0 Å². The molecular weight excluding hydrogens is 262 g/mol. The molecule has 0 saturated carbocycles. The summed E-state index contributed by atoms with van der Waals surface area (Å²) in [6.07, 6.45) is 1.50. The van der Waals surface area contributed by atoms with E-state index in [1.807, 2.05) is 0 Å². The second-order valence-corrected chi connectivity index (χ2v) is 5.33. The Morgan fingerprint density at radius 3 is 3.05 bits per heavy atom. The van der Waals surface area contributed by atoms with Crippen LogP contribution in [0, 0.1) is 6.92 Å². The van der Waals surface area contributed by atoms with Crippen LogP contribution in [0.2, 0.25) is 0 Å². The van der Waals surface area contributed by atoms with Crippen LogP contribution in [-0.4, -0.2) is 21.5 Å². The van der Waals surface area contributed by atoms with Crippen molar-refractivity contribution in [3.63, 3.8) is 0 Å². The highest BCUT2D eigenvalue weighted by molar-refractivity contribution is 6.16. The van der Waals surface area contributed by atoms with Crippen molar-refractivity contribution >= 4 is 28.5 Å². The number of nitrogens with one attached hydrogen (secondary N) is 1. The molecule has 1 saturated heterocycles. The molecule has 0 bridgehead atoms. The maximum atomic E-state index is 11.3. The van der Waals surface area contributed by atoms with E-state index in [2.05, 4.69) is 40.0 Å². The Labute approximate surface area is 116 Å². The van der Waals surface area contributed by atoms with Crippen LogP contribution < -0.4 is 5.32 Å². The number of amides is 1. The summed E-state index contributed by atoms with van der Waals surface area (Å²) in [5, 5.41) is 2.99. The zero-order chi connectivity index (χ0) is 13.4. The second-order valence-electron chi connectivity index (χ2n) is 5.07. The maximum Gasteiger partial charge on any atom is 0.220 e. The molecule has 2 aromatic rings. The van der Waals surface area contributed by atoms with Crippen molar-refractivity contribution in [3.8, 4) is 0 Å². The summed E-state index contributed by atoms with van der Waals surface area (Å²) in [5.41, 5.74) is 3.25. The fraction of sp³-hybridized carbons (Fsp3) is 0.429. The van der Waals surface area contributed by atoms with Gasteiger partial charge in [-0.2, -0.15) is 0 Å². The first-order valence-electron chi connectivity index (χ1n) is 6.48. The van der Waals surface area contributed by atoms with Gasteiger partial charge in [0.2, 0.25) is 5.91 Å². The van der Waals surface area contributed by atoms with Crippen molar-refractivity contribution in [2.45, 2.75) is 38.2 Å². The number of hydrogen-bond acceptors (Lipinski definition) is 2. The molecule has 1 amide bonds. The maximum absolute atomic E-state index is 11.3. The lowest BCUT2D eigenvalue weighted by molar-refractivity contribution is -0.119. The molecule has 1 aromatic carbocycles. The highest BCUT2D eigenvalue weighted by Gasteiger charge is 2.22. The SMILES string of the molecule is Cc1ccc2c(c1)nc(CCl)n2CC1CCC(=O)N1. The summed E-state index contributed by atoms with van der Waals surface area (Å²) in [5.74, 6) is 1.38. The van der Waals surface area contributed by atoms with E-state index in [-0.39, 0.29) is 11.9 Å². The molecule has 1 aliphatic heterocycles. The lowest BCUT2D eigenvalue weighted by Gasteiger charge is -2.13. The Morgan fingerprint density at radius 1 is 1.53 bits per heavy atom. The van der Waals surface area contributed by atoms with Gasteiger partial charge in [-0.15, -0.1) is 11.6 Å². The zero-order valence-electron chi connectivity index (χ0n) is 10.8. The molecule has 100 valence electrons. The van der Waals surface area contributed by atoms with Crippen LogP contribution in [0.3, 0.4) is 0 Å². The largest absolute Gasteiger partial charge is 0.352 e. The number of rotatable bonds is 3. The highest BCUT2D eigenvalue weighted by Crippen LogP contribution is 2.21. The number of benzene rings is 1. The molecule has 1 aliphatic rings. The van der Waals surface area contributed by atoms with Crippen LogP contribution in [0.25, 0.3) is 11.0 Å². The number of aromatic nitrogens is 2. The molecule has 19 heavy (non-hydrogen) atoms. The standard InChI is InChI=1S/C14H16ClN3O/c1-9-2-4-12-11(6-9)17-13(7-15)18(12)8-10-3-5-14(19)16-10/h2,4,6,10H,3,5,7-8H2,1H3,(H,16,19). The number of hydrogen-bond donors (Lipinski definition) is 1. The Balaban J connectivity index is 1.98. The van der Waals surface area contributed by atoms with Gasteiger partial charge in [0.15, 0.2) is 0 Å². The summed E-state index contributed by atoms with van der Waals surface area (Å²) in [4.78, 5) is 15.9. The minimum Gasteiger partial charge on any atom is -0.352 e.